The predicted molar refractivity (Wildman–Crippen MR) is 137 cm³/mol. The molecule has 0 saturated heterocycles. The molecule has 0 radical (unpaired) electrons. The molecule has 0 aromatic heterocycles. The lowest BCUT2D eigenvalue weighted by atomic mass is 9.87. The summed E-state index contributed by atoms with van der Waals surface area (Å²) in [5.41, 5.74) is 10.5. The summed E-state index contributed by atoms with van der Waals surface area (Å²) in [5.74, 6) is 0. The Hall–Kier alpha value is -4.16. The molecule has 1 aliphatic carbocycles. The highest BCUT2D eigenvalue weighted by Crippen LogP contribution is 2.52. The fourth-order valence-electron chi connectivity index (χ4n) is 5.46. The van der Waals surface area contributed by atoms with E-state index in [0.717, 1.165) is 0 Å². The number of rotatable bonds is 2. The van der Waals surface area contributed by atoms with Crippen LogP contribution >= 0.6 is 0 Å². The van der Waals surface area contributed by atoms with Crippen LogP contribution in [0.15, 0.2) is 121 Å². The molecule has 0 fully saturated rings. The Labute approximate surface area is 187 Å². The normalized spacial score (nSPS) is 11.8. The second kappa shape index (κ2) is 6.67. The molecule has 1 aliphatic rings. The highest BCUT2D eigenvalue weighted by molar-refractivity contribution is 6.20. The van der Waals surface area contributed by atoms with E-state index < -0.39 is 0 Å². The van der Waals surface area contributed by atoms with Gasteiger partial charge in [0.1, 0.15) is 0 Å². The van der Waals surface area contributed by atoms with E-state index in [1.807, 2.05) is 0 Å². The molecule has 7 rings (SSSR count). The van der Waals surface area contributed by atoms with Crippen molar-refractivity contribution in [3.8, 4) is 44.5 Å². The Morgan fingerprint density at radius 2 is 0.812 bits per heavy atom. The van der Waals surface area contributed by atoms with E-state index in [9.17, 15) is 0 Å². The van der Waals surface area contributed by atoms with Gasteiger partial charge in [-0.2, -0.15) is 0 Å². The summed E-state index contributed by atoms with van der Waals surface area (Å²) in [4.78, 5) is 0. The lowest BCUT2D eigenvalue weighted by Crippen LogP contribution is -1.89. The molecule has 0 aliphatic heterocycles. The van der Waals surface area contributed by atoms with Crippen molar-refractivity contribution >= 4 is 21.5 Å². The maximum atomic E-state index is 2.31. The largest absolute Gasteiger partial charge is 0.0616 e. The number of hydrogen-bond acceptors (Lipinski definition) is 0. The third-order valence-electron chi connectivity index (χ3n) is 6.83. The van der Waals surface area contributed by atoms with Gasteiger partial charge in [0.15, 0.2) is 0 Å². The van der Waals surface area contributed by atoms with Crippen LogP contribution in [0.3, 0.4) is 0 Å². The molecule has 148 valence electrons. The molecule has 0 heterocycles. The Bertz CT molecular complexity index is 1660. The monoisotopic (exact) mass is 404 g/mol. The first kappa shape index (κ1) is 17.5. The van der Waals surface area contributed by atoms with E-state index >= 15 is 0 Å². The molecular weight excluding hydrogens is 384 g/mol. The average Bonchev–Trinajstić information content (AvgIpc) is 3.20. The summed E-state index contributed by atoms with van der Waals surface area (Å²) < 4.78 is 0. The predicted octanol–water partition coefficient (Wildman–Crippen LogP) is 8.97. The summed E-state index contributed by atoms with van der Waals surface area (Å²) in [7, 11) is 0. The molecule has 0 spiro atoms. The van der Waals surface area contributed by atoms with Crippen LogP contribution in [0.2, 0.25) is 0 Å². The van der Waals surface area contributed by atoms with Gasteiger partial charge in [0.2, 0.25) is 0 Å². The van der Waals surface area contributed by atoms with Crippen LogP contribution in [-0.4, -0.2) is 0 Å². The molecule has 6 aromatic rings. The van der Waals surface area contributed by atoms with Crippen LogP contribution in [0.4, 0.5) is 0 Å². The van der Waals surface area contributed by atoms with Crippen LogP contribution < -0.4 is 0 Å². The lowest BCUT2D eigenvalue weighted by molar-refractivity contribution is 1.61. The molecule has 0 nitrogen and oxygen atoms in total. The summed E-state index contributed by atoms with van der Waals surface area (Å²) in [6.45, 7) is 0. The minimum Gasteiger partial charge on any atom is -0.0616 e. The van der Waals surface area contributed by atoms with Crippen molar-refractivity contribution in [1.29, 1.82) is 0 Å². The van der Waals surface area contributed by atoms with Crippen molar-refractivity contribution in [3.05, 3.63) is 121 Å². The zero-order chi connectivity index (χ0) is 21.1. The average molecular weight is 405 g/mol. The maximum absolute atomic E-state index is 2.31. The van der Waals surface area contributed by atoms with Gasteiger partial charge >= 0.3 is 0 Å². The Balaban J connectivity index is 1.58. The molecule has 6 aromatic carbocycles. The number of fused-ring (bicyclic) bond motifs is 4. The van der Waals surface area contributed by atoms with Gasteiger partial charge in [-0.3, -0.25) is 0 Å². The topological polar surface area (TPSA) is 0 Å². The van der Waals surface area contributed by atoms with Crippen molar-refractivity contribution in [2.24, 2.45) is 0 Å². The zero-order valence-electron chi connectivity index (χ0n) is 17.5. The van der Waals surface area contributed by atoms with E-state index in [0.29, 0.717) is 0 Å². The lowest BCUT2D eigenvalue weighted by Gasteiger charge is -2.16. The van der Waals surface area contributed by atoms with Gasteiger partial charge in [-0.15, -0.1) is 0 Å². The van der Waals surface area contributed by atoms with Gasteiger partial charge in [-0.05, 0) is 66.1 Å². The summed E-state index contributed by atoms with van der Waals surface area (Å²) in [6, 6.07) is 44.2. The first-order chi connectivity index (χ1) is 15.9. The van der Waals surface area contributed by atoms with Gasteiger partial charge in [-0.1, -0.05) is 121 Å². The summed E-state index contributed by atoms with van der Waals surface area (Å²) in [6.07, 6.45) is 0. The molecular formula is C32H20. The van der Waals surface area contributed by atoms with Gasteiger partial charge < -0.3 is 0 Å². The van der Waals surface area contributed by atoms with Gasteiger partial charge in [0.05, 0.1) is 0 Å². The first-order valence-corrected chi connectivity index (χ1v) is 11.1. The fraction of sp³-hybridized carbons (Fsp3) is 0. The van der Waals surface area contributed by atoms with Crippen LogP contribution in [0, 0.1) is 0 Å². The number of hydrogen-bond donors (Lipinski definition) is 0. The molecule has 0 saturated carbocycles. The molecule has 0 unspecified atom stereocenters. The minimum atomic E-state index is 1.27. The van der Waals surface area contributed by atoms with E-state index in [1.54, 1.807) is 0 Å². The van der Waals surface area contributed by atoms with Gasteiger partial charge in [0, 0.05) is 0 Å². The SMILES string of the molecule is c1ccc(-c2cccc3ccccc23)c(-c2ccc3cccc4c3c2-c2ccccc2-4)c1. The standard InChI is InChI=1S/C32H20/c1-2-12-23-21(9-1)10-7-17-24(23)25-13-3-4-14-26(25)30-20-19-22-11-8-18-28-27-15-5-6-16-29(27)32(30)31(22)28/h1-20H. The van der Waals surface area contributed by atoms with Gasteiger partial charge in [0.25, 0.3) is 0 Å². The minimum absolute atomic E-state index is 1.27. The van der Waals surface area contributed by atoms with E-state index in [4.69, 9.17) is 0 Å². The van der Waals surface area contributed by atoms with Crippen molar-refractivity contribution in [2.75, 3.05) is 0 Å². The fourth-order valence-corrected chi connectivity index (χ4v) is 5.46. The van der Waals surface area contributed by atoms with Crippen LogP contribution in [0.1, 0.15) is 0 Å². The molecule has 32 heavy (non-hydrogen) atoms. The Kier molecular flexibility index (Phi) is 3.65. The third-order valence-corrected chi connectivity index (χ3v) is 6.83. The third kappa shape index (κ3) is 2.38. The Morgan fingerprint density at radius 1 is 0.281 bits per heavy atom. The molecule has 0 amide bonds. The Morgan fingerprint density at radius 3 is 1.62 bits per heavy atom. The van der Waals surface area contributed by atoms with E-state index in [2.05, 4.69) is 121 Å². The van der Waals surface area contributed by atoms with Gasteiger partial charge in [-0.25, -0.2) is 0 Å². The second-order valence-electron chi connectivity index (χ2n) is 8.51. The molecule has 0 heteroatoms. The van der Waals surface area contributed by atoms with Crippen molar-refractivity contribution in [2.45, 2.75) is 0 Å². The smallest absolute Gasteiger partial charge is 0.00141 e. The molecule has 0 bridgehead atoms. The quantitative estimate of drug-likeness (QED) is 0.270. The first-order valence-electron chi connectivity index (χ1n) is 11.1. The van der Waals surface area contributed by atoms with Crippen LogP contribution in [0.25, 0.3) is 66.1 Å². The number of benzene rings is 6. The molecule has 0 N–H and O–H groups in total. The highest BCUT2D eigenvalue weighted by atomic mass is 14.3. The van der Waals surface area contributed by atoms with Crippen LogP contribution in [-0.2, 0) is 0 Å². The highest BCUT2D eigenvalue weighted by Gasteiger charge is 2.25. The summed E-state index contributed by atoms with van der Waals surface area (Å²) >= 11 is 0. The second-order valence-corrected chi connectivity index (χ2v) is 8.51. The van der Waals surface area contributed by atoms with Crippen molar-refractivity contribution < 1.29 is 0 Å². The van der Waals surface area contributed by atoms with Crippen LogP contribution in [0.5, 0.6) is 0 Å². The van der Waals surface area contributed by atoms with E-state index in [1.165, 1.54) is 66.1 Å². The van der Waals surface area contributed by atoms with E-state index in [-0.39, 0.29) is 0 Å². The summed E-state index contributed by atoms with van der Waals surface area (Å²) in [5, 5.41) is 5.25. The maximum Gasteiger partial charge on any atom is -0.00141 e. The van der Waals surface area contributed by atoms with Crippen molar-refractivity contribution in [3.63, 3.8) is 0 Å². The van der Waals surface area contributed by atoms with Crippen molar-refractivity contribution in [1.82, 2.24) is 0 Å². The molecule has 0 atom stereocenters. The zero-order valence-corrected chi connectivity index (χ0v) is 17.5.